The van der Waals surface area contributed by atoms with Crippen LogP contribution in [0.25, 0.3) is 0 Å². The first-order chi connectivity index (χ1) is 13.9. The SMILES string of the molecule is O=C(NCCOc1ccc(S(=O)(=O)N2CCCC2)cc1)c1cccc([N+](=O)[O-])c1. The zero-order valence-electron chi connectivity index (χ0n) is 15.6. The number of non-ortho nitro benzene ring substituents is 1. The summed E-state index contributed by atoms with van der Waals surface area (Å²) in [6.07, 6.45) is 1.75. The molecular formula is C19H21N3O6S. The predicted molar refractivity (Wildman–Crippen MR) is 105 cm³/mol. The number of nitrogens with one attached hydrogen (secondary N) is 1. The molecule has 0 spiro atoms. The number of amides is 1. The lowest BCUT2D eigenvalue weighted by Gasteiger charge is -2.15. The maximum Gasteiger partial charge on any atom is 0.270 e. The lowest BCUT2D eigenvalue weighted by atomic mass is 10.2. The molecular weight excluding hydrogens is 398 g/mol. The number of rotatable bonds is 8. The quantitative estimate of drug-likeness (QED) is 0.398. The molecule has 0 aliphatic carbocycles. The minimum absolute atomic E-state index is 0.155. The van der Waals surface area contributed by atoms with Crippen molar-refractivity contribution in [1.29, 1.82) is 0 Å². The second-order valence-electron chi connectivity index (χ2n) is 6.49. The number of sulfonamides is 1. The maximum atomic E-state index is 12.5. The molecule has 2 aromatic carbocycles. The van der Waals surface area contributed by atoms with Gasteiger partial charge in [0.2, 0.25) is 10.0 Å². The van der Waals surface area contributed by atoms with Crippen LogP contribution >= 0.6 is 0 Å². The minimum Gasteiger partial charge on any atom is -0.492 e. The van der Waals surface area contributed by atoms with Gasteiger partial charge in [-0.25, -0.2) is 8.42 Å². The van der Waals surface area contributed by atoms with E-state index in [9.17, 15) is 23.3 Å². The first kappa shape index (κ1) is 20.7. The number of nitro benzene ring substituents is 1. The average molecular weight is 419 g/mol. The van der Waals surface area contributed by atoms with E-state index in [1.165, 1.54) is 40.7 Å². The van der Waals surface area contributed by atoms with Crippen LogP contribution in [0.2, 0.25) is 0 Å². The third-order valence-electron chi connectivity index (χ3n) is 4.50. The van der Waals surface area contributed by atoms with Crippen LogP contribution in [0.4, 0.5) is 5.69 Å². The van der Waals surface area contributed by atoms with Crippen molar-refractivity contribution in [3.63, 3.8) is 0 Å². The Labute approximate surface area is 168 Å². The zero-order chi connectivity index (χ0) is 20.9. The van der Waals surface area contributed by atoms with Gasteiger partial charge in [0.1, 0.15) is 12.4 Å². The lowest BCUT2D eigenvalue weighted by Crippen LogP contribution is -2.28. The van der Waals surface area contributed by atoms with Gasteiger partial charge in [0, 0.05) is 30.8 Å². The van der Waals surface area contributed by atoms with Crippen molar-refractivity contribution < 1.29 is 22.9 Å². The number of ether oxygens (including phenoxy) is 1. The molecule has 0 atom stereocenters. The number of nitrogens with zero attached hydrogens (tertiary/aromatic N) is 2. The van der Waals surface area contributed by atoms with Crippen molar-refractivity contribution >= 4 is 21.6 Å². The molecule has 1 saturated heterocycles. The van der Waals surface area contributed by atoms with E-state index in [0.717, 1.165) is 12.8 Å². The zero-order valence-corrected chi connectivity index (χ0v) is 16.4. The van der Waals surface area contributed by atoms with Gasteiger partial charge in [-0.2, -0.15) is 4.31 Å². The third-order valence-corrected chi connectivity index (χ3v) is 6.41. The van der Waals surface area contributed by atoms with Gasteiger partial charge in [-0.15, -0.1) is 0 Å². The molecule has 2 aromatic rings. The summed E-state index contributed by atoms with van der Waals surface area (Å²) in [5, 5.41) is 13.4. The molecule has 0 radical (unpaired) electrons. The molecule has 0 bridgehead atoms. The van der Waals surface area contributed by atoms with Crippen molar-refractivity contribution in [2.45, 2.75) is 17.7 Å². The Kier molecular flexibility index (Phi) is 6.45. The number of nitro groups is 1. The molecule has 1 aliphatic heterocycles. The normalized spacial score (nSPS) is 14.5. The molecule has 1 N–H and O–H groups in total. The molecule has 10 heteroatoms. The van der Waals surface area contributed by atoms with Crippen LogP contribution < -0.4 is 10.1 Å². The molecule has 0 saturated carbocycles. The molecule has 1 heterocycles. The van der Waals surface area contributed by atoms with E-state index in [2.05, 4.69) is 5.32 Å². The van der Waals surface area contributed by atoms with Gasteiger partial charge < -0.3 is 10.1 Å². The van der Waals surface area contributed by atoms with Crippen molar-refractivity contribution in [2.75, 3.05) is 26.2 Å². The molecule has 1 aliphatic rings. The number of carbonyl (C=O) groups excluding carboxylic acids is 1. The summed E-state index contributed by atoms with van der Waals surface area (Å²) in [5.74, 6) is 0.0410. The van der Waals surface area contributed by atoms with E-state index < -0.39 is 20.9 Å². The molecule has 1 amide bonds. The smallest absolute Gasteiger partial charge is 0.270 e. The topological polar surface area (TPSA) is 119 Å². The van der Waals surface area contributed by atoms with Gasteiger partial charge in [-0.1, -0.05) is 6.07 Å². The van der Waals surface area contributed by atoms with Crippen LogP contribution in [-0.4, -0.2) is 49.8 Å². The third kappa shape index (κ3) is 5.09. The van der Waals surface area contributed by atoms with Crippen LogP contribution in [0, 0.1) is 10.1 Å². The highest BCUT2D eigenvalue weighted by atomic mass is 32.2. The highest BCUT2D eigenvalue weighted by Gasteiger charge is 2.26. The fourth-order valence-electron chi connectivity index (χ4n) is 2.98. The van der Waals surface area contributed by atoms with E-state index >= 15 is 0 Å². The predicted octanol–water partition coefficient (Wildman–Crippen LogP) is 2.19. The van der Waals surface area contributed by atoms with Crippen molar-refractivity contribution in [2.24, 2.45) is 0 Å². The molecule has 1 fully saturated rings. The van der Waals surface area contributed by atoms with Crippen molar-refractivity contribution in [3.8, 4) is 5.75 Å². The minimum atomic E-state index is -3.46. The van der Waals surface area contributed by atoms with Crippen molar-refractivity contribution in [1.82, 2.24) is 9.62 Å². The summed E-state index contributed by atoms with van der Waals surface area (Å²) in [6.45, 7) is 1.45. The largest absolute Gasteiger partial charge is 0.492 e. The van der Waals surface area contributed by atoms with Gasteiger partial charge in [-0.05, 0) is 43.2 Å². The standard InChI is InChI=1S/C19H21N3O6S/c23-19(15-4-3-5-16(14-15)22(24)25)20-10-13-28-17-6-8-18(9-7-17)29(26,27)21-11-1-2-12-21/h3-9,14H,1-2,10-13H2,(H,20,23). The number of benzene rings is 2. The Hall–Kier alpha value is -2.98. The van der Waals surface area contributed by atoms with Crippen LogP contribution in [0.1, 0.15) is 23.2 Å². The van der Waals surface area contributed by atoms with Crippen molar-refractivity contribution in [3.05, 3.63) is 64.2 Å². The molecule has 29 heavy (non-hydrogen) atoms. The van der Waals surface area contributed by atoms with Crippen LogP contribution in [0.5, 0.6) is 5.75 Å². The van der Waals surface area contributed by atoms with E-state index in [1.807, 2.05) is 0 Å². The van der Waals surface area contributed by atoms with E-state index in [4.69, 9.17) is 4.74 Å². The van der Waals surface area contributed by atoms with E-state index in [-0.39, 0.29) is 29.3 Å². The summed E-state index contributed by atoms with van der Waals surface area (Å²) >= 11 is 0. The van der Waals surface area contributed by atoms with Crippen LogP contribution in [0.3, 0.4) is 0 Å². The Bertz CT molecular complexity index is 985. The average Bonchev–Trinajstić information content (AvgIpc) is 3.27. The first-order valence-electron chi connectivity index (χ1n) is 9.13. The Morgan fingerprint density at radius 1 is 1.14 bits per heavy atom. The Morgan fingerprint density at radius 2 is 1.83 bits per heavy atom. The van der Waals surface area contributed by atoms with Gasteiger partial charge in [0.25, 0.3) is 11.6 Å². The highest BCUT2D eigenvalue weighted by molar-refractivity contribution is 7.89. The summed E-state index contributed by atoms with van der Waals surface area (Å²) in [7, 11) is -3.46. The molecule has 0 unspecified atom stereocenters. The fraction of sp³-hybridized carbons (Fsp3) is 0.316. The van der Waals surface area contributed by atoms with Gasteiger partial charge in [-0.3, -0.25) is 14.9 Å². The van der Waals surface area contributed by atoms with E-state index in [1.54, 1.807) is 12.1 Å². The fourth-order valence-corrected chi connectivity index (χ4v) is 4.50. The van der Waals surface area contributed by atoms with Gasteiger partial charge in [0.05, 0.1) is 16.4 Å². The summed E-state index contributed by atoms with van der Waals surface area (Å²) in [4.78, 5) is 22.5. The number of carbonyl (C=O) groups is 1. The highest BCUT2D eigenvalue weighted by Crippen LogP contribution is 2.22. The maximum absolute atomic E-state index is 12.5. The second kappa shape index (κ2) is 9.01. The van der Waals surface area contributed by atoms with E-state index in [0.29, 0.717) is 18.8 Å². The summed E-state index contributed by atoms with van der Waals surface area (Å²) in [6, 6.07) is 11.6. The molecule has 154 valence electrons. The Balaban J connectivity index is 1.49. The number of hydrogen-bond donors (Lipinski definition) is 1. The number of hydrogen-bond acceptors (Lipinski definition) is 6. The van der Waals surface area contributed by atoms with Crippen LogP contribution in [-0.2, 0) is 10.0 Å². The second-order valence-corrected chi connectivity index (χ2v) is 8.43. The molecule has 3 rings (SSSR count). The van der Waals surface area contributed by atoms with Crippen LogP contribution in [0.15, 0.2) is 53.4 Å². The monoisotopic (exact) mass is 419 g/mol. The first-order valence-corrected chi connectivity index (χ1v) is 10.6. The molecule has 0 aromatic heterocycles. The summed E-state index contributed by atoms with van der Waals surface area (Å²) < 4.78 is 31.9. The van der Waals surface area contributed by atoms with Gasteiger partial charge >= 0.3 is 0 Å². The lowest BCUT2D eigenvalue weighted by molar-refractivity contribution is -0.384. The summed E-state index contributed by atoms with van der Waals surface area (Å²) in [5.41, 5.74) is 0.0357. The van der Waals surface area contributed by atoms with Gasteiger partial charge in [0.15, 0.2) is 0 Å². The molecule has 9 nitrogen and oxygen atoms in total. The Morgan fingerprint density at radius 3 is 2.48 bits per heavy atom.